The van der Waals surface area contributed by atoms with Crippen molar-refractivity contribution in [2.75, 3.05) is 0 Å². The molecule has 0 radical (unpaired) electrons. The molecule has 4 aliphatic carbocycles. The van der Waals surface area contributed by atoms with Gasteiger partial charge in [0, 0.05) is 5.75 Å². The predicted molar refractivity (Wildman–Crippen MR) is 83.1 cm³/mol. The fraction of sp³-hybridized carbons (Fsp3) is 0.611. The molecule has 0 heterocycles. The molecule has 1 nitrogen and oxygen atoms in total. The fourth-order valence-corrected chi connectivity index (χ4v) is 6.63. The standard InChI is InChI=1S/C18H21NS/c19-12-18(20-11-13-4-2-1-3-5-13)16-7-14-6-15(9-16)10-17(18)8-14/h1-5,14-17H,6-11H2. The van der Waals surface area contributed by atoms with Crippen molar-refractivity contribution in [1.29, 1.82) is 5.26 Å². The Balaban J connectivity index is 1.56. The number of thioether (sulfide) groups is 1. The quantitative estimate of drug-likeness (QED) is 0.807. The first-order valence-electron chi connectivity index (χ1n) is 7.89. The average molecular weight is 283 g/mol. The van der Waals surface area contributed by atoms with Crippen LogP contribution in [0.1, 0.15) is 37.7 Å². The maximum atomic E-state index is 9.96. The number of rotatable bonds is 3. The van der Waals surface area contributed by atoms with E-state index < -0.39 is 0 Å². The lowest BCUT2D eigenvalue weighted by Gasteiger charge is -2.58. The highest BCUT2D eigenvalue weighted by Gasteiger charge is 2.57. The van der Waals surface area contributed by atoms with E-state index in [0.717, 1.165) is 17.6 Å². The lowest BCUT2D eigenvalue weighted by atomic mass is 9.52. The largest absolute Gasteiger partial charge is 0.197 e. The van der Waals surface area contributed by atoms with Gasteiger partial charge in [0.05, 0.1) is 6.07 Å². The van der Waals surface area contributed by atoms with Crippen LogP contribution in [0, 0.1) is 35.0 Å². The Labute approximate surface area is 125 Å². The first kappa shape index (κ1) is 12.8. The Bertz CT molecular complexity index is 502. The van der Waals surface area contributed by atoms with E-state index in [9.17, 15) is 5.26 Å². The van der Waals surface area contributed by atoms with Crippen molar-refractivity contribution in [2.45, 2.75) is 42.6 Å². The average Bonchev–Trinajstić information content (AvgIpc) is 2.48. The molecule has 4 bridgehead atoms. The third-order valence-electron chi connectivity index (χ3n) is 5.85. The SMILES string of the molecule is N#CC1(SCc2ccccc2)C2CC3CC(C2)CC1C3. The molecule has 0 aromatic heterocycles. The van der Waals surface area contributed by atoms with E-state index in [-0.39, 0.29) is 4.75 Å². The van der Waals surface area contributed by atoms with Crippen molar-refractivity contribution in [3.05, 3.63) is 35.9 Å². The molecule has 20 heavy (non-hydrogen) atoms. The molecule has 2 heteroatoms. The summed E-state index contributed by atoms with van der Waals surface area (Å²) >= 11 is 1.95. The molecule has 4 fully saturated rings. The molecule has 0 N–H and O–H groups in total. The van der Waals surface area contributed by atoms with Gasteiger partial charge in [0.25, 0.3) is 0 Å². The van der Waals surface area contributed by atoms with Crippen molar-refractivity contribution in [3.8, 4) is 6.07 Å². The lowest BCUT2D eigenvalue weighted by molar-refractivity contribution is 0.00343. The van der Waals surface area contributed by atoms with Crippen LogP contribution in [0.15, 0.2) is 30.3 Å². The molecular formula is C18H21NS. The zero-order valence-electron chi connectivity index (χ0n) is 11.8. The highest BCUT2D eigenvalue weighted by atomic mass is 32.2. The van der Waals surface area contributed by atoms with Crippen LogP contribution in [0.3, 0.4) is 0 Å². The Hall–Kier alpha value is -0.940. The minimum absolute atomic E-state index is 0.0801. The van der Waals surface area contributed by atoms with E-state index in [4.69, 9.17) is 0 Å². The third kappa shape index (κ3) is 1.91. The van der Waals surface area contributed by atoms with Crippen molar-refractivity contribution in [1.82, 2.24) is 0 Å². The summed E-state index contributed by atoms with van der Waals surface area (Å²) in [7, 11) is 0. The molecule has 1 aromatic carbocycles. The summed E-state index contributed by atoms with van der Waals surface area (Å²) in [6.45, 7) is 0. The molecule has 4 aliphatic rings. The Morgan fingerprint density at radius 1 is 1.00 bits per heavy atom. The first-order valence-corrected chi connectivity index (χ1v) is 8.88. The minimum Gasteiger partial charge on any atom is -0.197 e. The van der Waals surface area contributed by atoms with E-state index in [1.807, 2.05) is 11.8 Å². The maximum absolute atomic E-state index is 9.96. The number of nitrogens with zero attached hydrogens (tertiary/aromatic N) is 1. The normalized spacial score (nSPS) is 41.5. The van der Waals surface area contributed by atoms with E-state index in [2.05, 4.69) is 36.4 Å². The van der Waals surface area contributed by atoms with Crippen LogP contribution in [0.25, 0.3) is 0 Å². The van der Waals surface area contributed by atoms with Crippen LogP contribution in [0.2, 0.25) is 0 Å². The van der Waals surface area contributed by atoms with Gasteiger partial charge in [0.2, 0.25) is 0 Å². The monoisotopic (exact) mass is 283 g/mol. The van der Waals surface area contributed by atoms with Crippen LogP contribution >= 0.6 is 11.8 Å². The van der Waals surface area contributed by atoms with Gasteiger partial charge in [-0.3, -0.25) is 0 Å². The summed E-state index contributed by atoms with van der Waals surface area (Å²) in [5.41, 5.74) is 1.36. The van der Waals surface area contributed by atoms with Crippen molar-refractivity contribution in [2.24, 2.45) is 23.7 Å². The van der Waals surface area contributed by atoms with Gasteiger partial charge < -0.3 is 0 Å². The Morgan fingerprint density at radius 2 is 1.60 bits per heavy atom. The second-order valence-electron chi connectivity index (χ2n) is 6.98. The summed E-state index contributed by atoms with van der Waals surface area (Å²) in [4.78, 5) is 0. The summed E-state index contributed by atoms with van der Waals surface area (Å²) in [6.07, 6.45) is 6.74. The minimum atomic E-state index is -0.0801. The van der Waals surface area contributed by atoms with Gasteiger partial charge in [-0.15, -0.1) is 11.8 Å². The van der Waals surface area contributed by atoms with Crippen molar-refractivity contribution >= 4 is 11.8 Å². The van der Waals surface area contributed by atoms with E-state index in [0.29, 0.717) is 11.8 Å². The second-order valence-corrected chi connectivity index (χ2v) is 8.24. The maximum Gasteiger partial charge on any atom is 0.108 e. The number of hydrogen-bond acceptors (Lipinski definition) is 2. The Morgan fingerprint density at radius 3 is 2.15 bits per heavy atom. The smallest absolute Gasteiger partial charge is 0.108 e. The van der Waals surface area contributed by atoms with Gasteiger partial charge in [0.15, 0.2) is 0 Å². The summed E-state index contributed by atoms with van der Waals surface area (Å²) in [5, 5.41) is 9.96. The van der Waals surface area contributed by atoms with Crippen LogP contribution in [-0.4, -0.2) is 4.75 Å². The predicted octanol–water partition coefficient (Wildman–Crippen LogP) is 4.64. The number of hydrogen-bond donors (Lipinski definition) is 0. The zero-order chi connectivity index (χ0) is 13.6. The van der Waals surface area contributed by atoms with Crippen LogP contribution in [0.4, 0.5) is 0 Å². The molecule has 0 aliphatic heterocycles. The van der Waals surface area contributed by atoms with E-state index >= 15 is 0 Å². The lowest BCUT2D eigenvalue weighted by Crippen LogP contribution is -2.55. The fourth-order valence-electron chi connectivity index (χ4n) is 5.11. The van der Waals surface area contributed by atoms with Gasteiger partial charge in [-0.25, -0.2) is 0 Å². The molecule has 1 aromatic rings. The highest BCUT2D eigenvalue weighted by molar-refractivity contribution is 8.00. The van der Waals surface area contributed by atoms with Crippen molar-refractivity contribution < 1.29 is 0 Å². The van der Waals surface area contributed by atoms with Crippen molar-refractivity contribution in [3.63, 3.8) is 0 Å². The summed E-state index contributed by atoms with van der Waals surface area (Å²) < 4.78 is -0.0801. The molecule has 0 spiro atoms. The van der Waals surface area contributed by atoms with Gasteiger partial charge >= 0.3 is 0 Å². The number of benzene rings is 1. The van der Waals surface area contributed by atoms with Crippen LogP contribution in [0.5, 0.6) is 0 Å². The topological polar surface area (TPSA) is 23.8 Å². The molecule has 0 unspecified atom stereocenters. The van der Waals surface area contributed by atoms with Gasteiger partial charge in [-0.05, 0) is 61.3 Å². The summed E-state index contributed by atoms with van der Waals surface area (Å²) in [6, 6.07) is 13.4. The molecule has 104 valence electrons. The third-order valence-corrected chi connectivity index (χ3v) is 7.56. The van der Waals surface area contributed by atoms with E-state index in [1.165, 1.54) is 37.7 Å². The van der Waals surface area contributed by atoms with Gasteiger partial charge in [0.1, 0.15) is 4.75 Å². The van der Waals surface area contributed by atoms with Gasteiger partial charge in [-0.2, -0.15) is 5.26 Å². The molecule has 5 rings (SSSR count). The Kier molecular flexibility index (Phi) is 3.07. The molecule has 0 amide bonds. The second kappa shape index (κ2) is 4.81. The molecule has 4 saturated carbocycles. The molecule has 0 atom stereocenters. The first-order chi connectivity index (χ1) is 9.80. The zero-order valence-corrected chi connectivity index (χ0v) is 12.6. The highest BCUT2D eigenvalue weighted by Crippen LogP contribution is 2.62. The van der Waals surface area contributed by atoms with Crippen LogP contribution in [-0.2, 0) is 5.75 Å². The molecular weight excluding hydrogens is 262 g/mol. The number of nitriles is 1. The van der Waals surface area contributed by atoms with Crippen LogP contribution < -0.4 is 0 Å². The van der Waals surface area contributed by atoms with Gasteiger partial charge in [-0.1, -0.05) is 30.3 Å². The summed E-state index contributed by atoms with van der Waals surface area (Å²) in [5.74, 6) is 4.21. The van der Waals surface area contributed by atoms with E-state index in [1.54, 1.807) is 0 Å². The molecule has 0 saturated heterocycles.